The van der Waals surface area contributed by atoms with Crippen molar-refractivity contribution in [3.05, 3.63) is 61.2 Å². The van der Waals surface area contributed by atoms with Crippen LogP contribution in [-0.2, 0) is 13.6 Å². The second-order valence-electron chi connectivity index (χ2n) is 5.68. The summed E-state index contributed by atoms with van der Waals surface area (Å²) >= 11 is 3.33. The molecule has 2 aromatic heterocycles. The fourth-order valence-electron chi connectivity index (χ4n) is 2.50. The first-order valence-corrected chi connectivity index (χ1v) is 8.80. The summed E-state index contributed by atoms with van der Waals surface area (Å²) in [5.74, 6) is 0.366. The molecule has 0 fully saturated rings. The fourth-order valence-corrected chi connectivity index (χ4v) is 2.88. The Balaban J connectivity index is 2.05. The van der Waals surface area contributed by atoms with Gasteiger partial charge in [0, 0.05) is 23.6 Å². The fraction of sp³-hybridized carbons (Fsp3) is 0.176. The average Bonchev–Trinajstić information content (AvgIpc) is 3.00. The van der Waals surface area contributed by atoms with Crippen molar-refractivity contribution in [3.8, 4) is 5.75 Å². The number of H-pyrrole nitrogens is 1. The van der Waals surface area contributed by atoms with Gasteiger partial charge in [-0.15, -0.1) is 0 Å². The maximum absolute atomic E-state index is 12.3. The summed E-state index contributed by atoms with van der Waals surface area (Å²) in [5, 5.41) is 14.0. The number of phenols is 1. The summed E-state index contributed by atoms with van der Waals surface area (Å²) in [6.45, 7) is 2.23. The molecule has 3 N–H and O–H groups in total. The van der Waals surface area contributed by atoms with Crippen LogP contribution in [0.4, 0.5) is 5.95 Å². The minimum atomic E-state index is -0.544. The summed E-state index contributed by atoms with van der Waals surface area (Å²) in [4.78, 5) is 30.7. The first kappa shape index (κ1) is 18.6. The number of phenolic OH excluding ortho intramolecular Hbond substituents is 1. The number of hydrogen-bond donors (Lipinski definition) is 3. The normalized spacial score (nSPS) is 11.8. The van der Waals surface area contributed by atoms with Gasteiger partial charge >= 0.3 is 5.69 Å². The number of nitrogens with one attached hydrogen (secondary N) is 2. The number of nitrogens with zero attached hydrogens (tertiary/aromatic N) is 4. The summed E-state index contributed by atoms with van der Waals surface area (Å²) in [5.41, 5.74) is 2.71. The molecule has 0 unspecified atom stereocenters. The van der Waals surface area contributed by atoms with E-state index in [1.54, 1.807) is 22.8 Å². The SMILES string of the molecule is CC=CCn1c(N/N=C/c2cc(Br)ccc2O)nc2c1c(=O)[nH]c(=O)n2C. The van der Waals surface area contributed by atoms with Crippen LogP contribution >= 0.6 is 15.9 Å². The van der Waals surface area contributed by atoms with Gasteiger partial charge in [0.05, 0.1) is 6.21 Å². The van der Waals surface area contributed by atoms with Gasteiger partial charge < -0.3 is 5.11 Å². The zero-order chi connectivity index (χ0) is 19.6. The van der Waals surface area contributed by atoms with Gasteiger partial charge in [-0.05, 0) is 25.1 Å². The Morgan fingerprint density at radius 2 is 2.19 bits per heavy atom. The minimum absolute atomic E-state index is 0.0741. The van der Waals surface area contributed by atoms with Gasteiger partial charge in [-0.3, -0.25) is 18.9 Å². The third kappa shape index (κ3) is 3.70. The van der Waals surface area contributed by atoms with Crippen LogP contribution < -0.4 is 16.7 Å². The maximum Gasteiger partial charge on any atom is 0.329 e. The summed E-state index contributed by atoms with van der Waals surface area (Å²) in [6, 6.07) is 4.96. The number of anilines is 1. The molecule has 2 heterocycles. The molecule has 3 rings (SSSR count). The van der Waals surface area contributed by atoms with Crippen LogP contribution in [0.25, 0.3) is 11.2 Å². The van der Waals surface area contributed by atoms with E-state index in [9.17, 15) is 14.7 Å². The van der Waals surface area contributed by atoms with Gasteiger partial charge in [0.25, 0.3) is 5.56 Å². The Hall–Kier alpha value is -3.14. The Morgan fingerprint density at radius 1 is 1.41 bits per heavy atom. The van der Waals surface area contributed by atoms with Gasteiger partial charge in [-0.25, -0.2) is 10.2 Å². The lowest BCUT2D eigenvalue weighted by atomic mass is 10.2. The van der Waals surface area contributed by atoms with Crippen LogP contribution in [0, 0.1) is 0 Å². The number of benzene rings is 1. The van der Waals surface area contributed by atoms with Crippen LogP contribution in [0.15, 0.2) is 49.5 Å². The molecule has 0 spiro atoms. The van der Waals surface area contributed by atoms with Gasteiger partial charge in [-0.2, -0.15) is 10.1 Å². The van der Waals surface area contributed by atoms with E-state index in [-0.39, 0.29) is 16.9 Å². The van der Waals surface area contributed by atoms with Crippen LogP contribution in [-0.4, -0.2) is 30.4 Å². The number of hydrogen-bond acceptors (Lipinski definition) is 6. The molecule has 0 amide bonds. The monoisotopic (exact) mass is 432 g/mol. The number of aryl methyl sites for hydroxylation is 1. The highest BCUT2D eigenvalue weighted by Crippen LogP contribution is 2.20. The van der Waals surface area contributed by atoms with Gasteiger partial charge in [0.2, 0.25) is 5.95 Å². The summed E-state index contributed by atoms with van der Waals surface area (Å²) in [7, 11) is 1.53. The molecule has 10 heteroatoms. The number of aromatic nitrogens is 4. The van der Waals surface area contributed by atoms with Crippen molar-refractivity contribution in [2.75, 3.05) is 5.43 Å². The Bertz CT molecular complexity index is 1170. The Morgan fingerprint density at radius 3 is 2.93 bits per heavy atom. The molecular weight excluding hydrogens is 416 g/mol. The average molecular weight is 433 g/mol. The highest BCUT2D eigenvalue weighted by molar-refractivity contribution is 9.10. The van der Waals surface area contributed by atoms with E-state index in [0.29, 0.717) is 18.1 Å². The van der Waals surface area contributed by atoms with Crippen LogP contribution in [0.3, 0.4) is 0 Å². The number of halogens is 1. The van der Waals surface area contributed by atoms with E-state index in [1.807, 2.05) is 19.1 Å². The predicted octanol–water partition coefficient (Wildman–Crippen LogP) is 1.91. The number of imidazole rings is 1. The minimum Gasteiger partial charge on any atom is -0.507 e. The number of allylic oxidation sites excluding steroid dienone is 2. The lowest BCUT2D eigenvalue weighted by Gasteiger charge is -2.05. The molecular formula is C17H17BrN6O3. The molecule has 27 heavy (non-hydrogen) atoms. The van der Waals surface area contributed by atoms with Gasteiger partial charge in [0.15, 0.2) is 11.2 Å². The molecule has 3 aromatic rings. The van der Waals surface area contributed by atoms with Gasteiger partial charge in [0.1, 0.15) is 5.75 Å². The first-order chi connectivity index (χ1) is 12.9. The van der Waals surface area contributed by atoms with Crippen molar-refractivity contribution in [1.29, 1.82) is 0 Å². The van der Waals surface area contributed by atoms with Crippen LogP contribution in [0.2, 0.25) is 0 Å². The quantitative estimate of drug-likeness (QED) is 0.323. The van der Waals surface area contributed by atoms with E-state index in [2.05, 4.69) is 36.4 Å². The molecule has 140 valence electrons. The standard InChI is InChI=1S/C17H17BrN6O3/c1-3-4-7-24-13-14(23(2)17(27)21-15(13)26)20-16(24)22-19-9-10-8-11(18)5-6-12(10)25/h3-6,8-9,25H,7H2,1-2H3,(H,20,22)(H,21,26,27)/b4-3?,19-9+. The smallest absolute Gasteiger partial charge is 0.329 e. The molecule has 0 aliphatic rings. The van der Waals surface area contributed by atoms with Crippen LogP contribution in [0.5, 0.6) is 5.75 Å². The zero-order valence-electron chi connectivity index (χ0n) is 14.6. The highest BCUT2D eigenvalue weighted by atomic mass is 79.9. The molecule has 0 saturated heterocycles. The van der Waals surface area contributed by atoms with Crippen molar-refractivity contribution in [1.82, 2.24) is 19.1 Å². The van der Waals surface area contributed by atoms with E-state index >= 15 is 0 Å². The third-order valence-electron chi connectivity index (χ3n) is 3.89. The molecule has 0 saturated carbocycles. The predicted molar refractivity (Wildman–Crippen MR) is 107 cm³/mol. The van der Waals surface area contributed by atoms with E-state index < -0.39 is 11.2 Å². The number of aromatic amines is 1. The van der Waals surface area contributed by atoms with Crippen molar-refractivity contribution in [2.24, 2.45) is 12.1 Å². The summed E-state index contributed by atoms with van der Waals surface area (Å²) < 4.78 is 3.67. The van der Waals surface area contributed by atoms with E-state index in [4.69, 9.17) is 0 Å². The summed E-state index contributed by atoms with van der Waals surface area (Å²) in [6.07, 6.45) is 5.12. The first-order valence-electron chi connectivity index (χ1n) is 8.00. The van der Waals surface area contributed by atoms with Crippen molar-refractivity contribution in [2.45, 2.75) is 13.5 Å². The molecule has 0 bridgehead atoms. The van der Waals surface area contributed by atoms with Gasteiger partial charge in [-0.1, -0.05) is 28.1 Å². The molecule has 0 radical (unpaired) electrons. The highest BCUT2D eigenvalue weighted by Gasteiger charge is 2.16. The second-order valence-corrected chi connectivity index (χ2v) is 6.59. The lowest BCUT2D eigenvalue weighted by Crippen LogP contribution is -2.29. The van der Waals surface area contributed by atoms with E-state index in [1.165, 1.54) is 17.8 Å². The lowest BCUT2D eigenvalue weighted by molar-refractivity contribution is 0.474. The van der Waals surface area contributed by atoms with Crippen molar-refractivity contribution >= 4 is 39.3 Å². The zero-order valence-corrected chi connectivity index (χ0v) is 16.2. The number of rotatable bonds is 5. The topological polar surface area (TPSA) is 117 Å². The Kier molecular flexibility index (Phi) is 5.26. The number of aromatic hydroxyl groups is 1. The van der Waals surface area contributed by atoms with Crippen molar-refractivity contribution in [3.63, 3.8) is 0 Å². The molecule has 1 aromatic carbocycles. The van der Waals surface area contributed by atoms with Crippen molar-refractivity contribution < 1.29 is 5.11 Å². The van der Waals surface area contributed by atoms with E-state index in [0.717, 1.165) is 4.47 Å². The van der Waals surface area contributed by atoms with Crippen LogP contribution in [0.1, 0.15) is 12.5 Å². The molecule has 9 nitrogen and oxygen atoms in total. The molecule has 0 aliphatic heterocycles. The second kappa shape index (κ2) is 7.62. The number of fused-ring (bicyclic) bond motifs is 1. The third-order valence-corrected chi connectivity index (χ3v) is 4.38. The number of hydrazone groups is 1. The molecule has 0 aliphatic carbocycles. The molecule has 0 atom stereocenters. The maximum atomic E-state index is 12.3. The Labute approximate surface area is 161 Å². The largest absolute Gasteiger partial charge is 0.507 e.